The molecule has 3 aliphatic rings. The monoisotopic (exact) mass is 358 g/mol. The summed E-state index contributed by atoms with van der Waals surface area (Å²) in [6, 6.07) is 17.1. The second-order valence-electron chi connectivity index (χ2n) is 8.04. The number of fused-ring (bicyclic) bond motifs is 1. The van der Waals surface area contributed by atoms with E-state index < -0.39 is 5.41 Å². The summed E-state index contributed by atoms with van der Waals surface area (Å²) in [5.74, 6) is 0.748. The van der Waals surface area contributed by atoms with Crippen molar-refractivity contribution in [1.29, 1.82) is 0 Å². The number of carbonyl (C=O) groups excluding carboxylic acids is 1. The van der Waals surface area contributed by atoms with Crippen LogP contribution in [0.3, 0.4) is 0 Å². The lowest BCUT2D eigenvalue weighted by Crippen LogP contribution is -2.47. The minimum atomic E-state index is -0.541. The zero-order valence-electron chi connectivity index (χ0n) is 15.7. The van der Waals surface area contributed by atoms with Gasteiger partial charge in [0.05, 0.1) is 11.1 Å². The molecule has 3 aromatic rings. The Balaban J connectivity index is 1.62. The maximum Gasteiger partial charge on any atom is 0.234 e. The molecular weight excluding hydrogens is 336 g/mol. The zero-order valence-corrected chi connectivity index (χ0v) is 15.7. The largest absolute Gasteiger partial charge is 0.338 e. The molecule has 0 saturated carbocycles. The molecule has 0 saturated heterocycles. The van der Waals surface area contributed by atoms with Crippen molar-refractivity contribution in [3.8, 4) is 0 Å². The molecule has 1 heterocycles. The van der Waals surface area contributed by atoms with Crippen molar-refractivity contribution in [1.82, 2.24) is 5.16 Å². The maximum atomic E-state index is 13.5. The third kappa shape index (κ3) is 2.16. The van der Waals surface area contributed by atoms with E-state index in [1.807, 2.05) is 13.8 Å². The molecule has 0 fully saturated rings. The third-order valence-corrected chi connectivity index (χ3v) is 6.53. The average molecular weight is 358 g/mol. The Labute approximate surface area is 158 Å². The summed E-state index contributed by atoms with van der Waals surface area (Å²) in [5, 5.41) is 6.99. The number of carbonyl (C=O) groups is 1. The molecule has 27 heavy (non-hydrogen) atoms. The maximum absolute atomic E-state index is 13.5. The number of hydrogen-bond acceptors (Lipinski definition) is 3. The fraction of sp³-hybridized carbons (Fsp3) is 0.304. The van der Waals surface area contributed by atoms with Gasteiger partial charge < -0.3 is 4.52 Å². The van der Waals surface area contributed by atoms with Crippen LogP contribution in [0.25, 0.3) is 0 Å². The smallest absolute Gasteiger partial charge is 0.234 e. The molecule has 2 bridgehead atoms. The van der Waals surface area contributed by atoms with Gasteiger partial charge in [0.2, 0.25) is 11.8 Å². The number of aryl methyl sites for hydroxylation is 1. The van der Waals surface area contributed by atoms with Crippen molar-refractivity contribution >= 4 is 11.8 Å². The molecule has 2 aromatic carbocycles. The Bertz CT molecular complexity index is 1020. The summed E-state index contributed by atoms with van der Waals surface area (Å²) in [4.78, 5) is 13.5. The molecule has 1 amide bonds. The number of amides is 1. The molecule has 1 N–H and O–H groups in total. The molecule has 1 aromatic heterocycles. The van der Waals surface area contributed by atoms with E-state index in [9.17, 15) is 4.79 Å². The van der Waals surface area contributed by atoms with Crippen LogP contribution in [0.4, 0.5) is 5.88 Å². The molecular formula is C23H22N2O2. The first-order valence-electron chi connectivity index (χ1n) is 9.42. The van der Waals surface area contributed by atoms with Crippen LogP contribution < -0.4 is 5.32 Å². The normalized spacial score (nSPS) is 25.0. The van der Waals surface area contributed by atoms with Crippen LogP contribution in [-0.4, -0.2) is 11.1 Å². The van der Waals surface area contributed by atoms with Crippen molar-refractivity contribution in [2.45, 2.75) is 39.0 Å². The van der Waals surface area contributed by atoms with Gasteiger partial charge in [-0.15, -0.1) is 0 Å². The molecule has 0 aliphatic heterocycles. The first kappa shape index (κ1) is 16.3. The molecule has 4 heteroatoms. The van der Waals surface area contributed by atoms with Gasteiger partial charge in [0, 0.05) is 17.4 Å². The molecule has 0 spiro atoms. The number of rotatable bonds is 2. The van der Waals surface area contributed by atoms with Crippen LogP contribution in [0.2, 0.25) is 0 Å². The summed E-state index contributed by atoms with van der Waals surface area (Å²) in [6.45, 7) is 5.89. The quantitative estimate of drug-likeness (QED) is 0.707. The van der Waals surface area contributed by atoms with Gasteiger partial charge in [0.1, 0.15) is 0 Å². The average Bonchev–Trinajstić information content (AvgIpc) is 3.00. The lowest BCUT2D eigenvalue weighted by Gasteiger charge is -2.50. The number of hydrogen-bond donors (Lipinski definition) is 1. The fourth-order valence-corrected chi connectivity index (χ4v) is 4.97. The number of anilines is 1. The summed E-state index contributed by atoms with van der Waals surface area (Å²) >= 11 is 0. The van der Waals surface area contributed by atoms with Crippen molar-refractivity contribution in [2.75, 3.05) is 5.32 Å². The van der Waals surface area contributed by atoms with Gasteiger partial charge in [-0.25, -0.2) is 0 Å². The number of nitrogens with one attached hydrogen (secondary N) is 1. The summed E-state index contributed by atoms with van der Waals surface area (Å²) in [6.07, 6.45) is 0.795. The van der Waals surface area contributed by atoms with E-state index in [2.05, 4.69) is 65.9 Å². The van der Waals surface area contributed by atoms with Gasteiger partial charge in [0.25, 0.3) is 0 Å². The second kappa shape index (κ2) is 5.56. The SMILES string of the molecule is Cc1noc(NC(=O)C2(C)CC3c4ccccc4C2c2ccccc23)c1C. The van der Waals surface area contributed by atoms with Crippen LogP contribution in [-0.2, 0) is 4.79 Å². The van der Waals surface area contributed by atoms with Gasteiger partial charge in [-0.1, -0.05) is 53.7 Å². The number of nitrogens with zero attached hydrogens (tertiary/aromatic N) is 1. The molecule has 3 aliphatic carbocycles. The van der Waals surface area contributed by atoms with E-state index in [0.29, 0.717) is 5.88 Å². The highest BCUT2D eigenvalue weighted by molar-refractivity contribution is 5.96. The Morgan fingerprint density at radius 2 is 1.59 bits per heavy atom. The molecule has 136 valence electrons. The molecule has 1 unspecified atom stereocenters. The third-order valence-electron chi connectivity index (χ3n) is 6.53. The van der Waals surface area contributed by atoms with E-state index in [0.717, 1.165) is 17.7 Å². The van der Waals surface area contributed by atoms with Crippen LogP contribution >= 0.6 is 0 Å². The van der Waals surface area contributed by atoms with E-state index in [1.165, 1.54) is 22.3 Å². The van der Waals surface area contributed by atoms with E-state index in [4.69, 9.17) is 4.52 Å². The predicted molar refractivity (Wildman–Crippen MR) is 104 cm³/mol. The fourth-order valence-electron chi connectivity index (χ4n) is 4.97. The van der Waals surface area contributed by atoms with Gasteiger partial charge in [-0.05, 0) is 49.4 Å². The highest BCUT2D eigenvalue weighted by atomic mass is 16.5. The van der Waals surface area contributed by atoms with Gasteiger partial charge >= 0.3 is 0 Å². The van der Waals surface area contributed by atoms with Gasteiger partial charge in [0.15, 0.2) is 0 Å². The van der Waals surface area contributed by atoms with Crippen molar-refractivity contribution in [3.63, 3.8) is 0 Å². The molecule has 1 atom stereocenters. The molecule has 4 nitrogen and oxygen atoms in total. The standard InChI is InChI=1S/C23H22N2O2/c1-13-14(2)25-27-21(13)24-22(26)23(3)12-19-15-8-4-6-10-17(15)20(23)18-11-7-5-9-16(18)19/h4-11,19-20H,12H2,1-3H3,(H,24,26). The highest BCUT2D eigenvalue weighted by Crippen LogP contribution is 2.61. The molecule has 0 radical (unpaired) electrons. The van der Waals surface area contributed by atoms with Crippen LogP contribution in [0.5, 0.6) is 0 Å². The Hall–Kier alpha value is -2.88. The Morgan fingerprint density at radius 1 is 1.04 bits per heavy atom. The van der Waals surface area contributed by atoms with Crippen LogP contribution in [0.1, 0.15) is 58.7 Å². The first-order valence-corrected chi connectivity index (χ1v) is 9.42. The topological polar surface area (TPSA) is 55.1 Å². The zero-order chi connectivity index (χ0) is 18.8. The van der Waals surface area contributed by atoms with Crippen molar-refractivity contribution in [2.24, 2.45) is 5.41 Å². The Kier molecular flexibility index (Phi) is 3.36. The van der Waals surface area contributed by atoms with Crippen molar-refractivity contribution < 1.29 is 9.32 Å². The lowest BCUT2D eigenvalue weighted by atomic mass is 9.52. The Morgan fingerprint density at radius 3 is 2.11 bits per heavy atom. The lowest BCUT2D eigenvalue weighted by molar-refractivity contribution is -0.126. The van der Waals surface area contributed by atoms with Gasteiger partial charge in [-0.2, -0.15) is 0 Å². The first-order chi connectivity index (χ1) is 13.0. The highest BCUT2D eigenvalue weighted by Gasteiger charge is 2.54. The van der Waals surface area contributed by atoms with Crippen LogP contribution in [0, 0.1) is 19.3 Å². The van der Waals surface area contributed by atoms with E-state index in [-0.39, 0.29) is 17.7 Å². The molecule has 6 rings (SSSR count). The minimum Gasteiger partial charge on any atom is -0.338 e. The van der Waals surface area contributed by atoms with Crippen molar-refractivity contribution in [3.05, 3.63) is 82.0 Å². The number of aromatic nitrogens is 1. The van der Waals surface area contributed by atoms with E-state index >= 15 is 0 Å². The van der Waals surface area contributed by atoms with Crippen LogP contribution in [0.15, 0.2) is 53.1 Å². The predicted octanol–water partition coefficient (Wildman–Crippen LogP) is 4.92. The van der Waals surface area contributed by atoms with E-state index in [1.54, 1.807) is 0 Å². The summed E-state index contributed by atoms with van der Waals surface area (Å²) < 4.78 is 5.34. The summed E-state index contributed by atoms with van der Waals surface area (Å²) in [7, 11) is 0. The number of benzene rings is 2. The minimum absolute atomic E-state index is 0.000700. The second-order valence-corrected chi connectivity index (χ2v) is 8.04. The summed E-state index contributed by atoms with van der Waals surface area (Å²) in [5.41, 5.74) is 6.41. The van der Waals surface area contributed by atoms with Gasteiger partial charge in [-0.3, -0.25) is 10.1 Å².